The number of nitrogens with zero attached hydrogens (tertiary/aromatic N) is 4. The largest absolute Gasteiger partial charge is 0.458 e. The zero-order chi connectivity index (χ0) is 44.6. The number of pyridine rings is 1. The van der Waals surface area contributed by atoms with Crippen LogP contribution in [0, 0.1) is 6.33 Å². The van der Waals surface area contributed by atoms with Gasteiger partial charge in [0.2, 0.25) is 0 Å². The zero-order valence-electron chi connectivity index (χ0n) is 39.1. The molecule has 0 radical (unpaired) electrons. The topological polar surface area (TPSA) is 35.9 Å². The Bertz CT molecular complexity index is 3140. The average molecular weight is 829 g/mol. The van der Waals surface area contributed by atoms with Crippen LogP contribution in [0.5, 0.6) is 11.5 Å². The van der Waals surface area contributed by atoms with Gasteiger partial charge in [-0.2, -0.15) is 0 Å². The number of imidazole rings is 1. The monoisotopic (exact) mass is 828 g/mol. The van der Waals surface area contributed by atoms with Crippen LogP contribution in [0.2, 0.25) is 0 Å². The molecule has 5 nitrogen and oxygen atoms in total. The van der Waals surface area contributed by atoms with E-state index < -0.39 is 0 Å². The third-order valence-corrected chi connectivity index (χ3v) is 12.4. The van der Waals surface area contributed by atoms with Crippen molar-refractivity contribution in [2.45, 2.75) is 105 Å². The van der Waals surface area contributed by atoms with Gasteiger partial charge in [0.1, 0.15) is 17.3 Å². The van der Waals surface area contributed by atoms with Gasteiger partial charge in [0.15, 0.2) is 0 Å². The fourth-order valence-electron chi connectivity index (χ4n) is 8.52. The molecule has 0 amide bonds. The molecular weight excluding hydrogens is 769 g/mol. The van der Waals surface area contributed by atoms with Crippen molar-refractivity contribution >= 4 is 32.8 Å². The van der Waals surface area contributed by atoms with Gasteiger partial charge >= 0.3 is 0 Å². The van der Waals surface area contributed by atoms with Crippen LogP contribution in [0.1, 0.15) is 105 Å². The van der Waals surface area contributed by atoms with Crippen LogP contribution in [0.15, 0.2) is 146 Å². The van der Waals surface area contributed by atoms with E-state index in [0.29, 0.717) is 0 Å². The van der Waals surface area contributed by atoms with Crippen LogP contribution in [0.25, 0.3) is 61.2 Å². The van der Waals surface area contributed by atoms with Crippen LogP contribution in [0.3, 0.4) is 0 Å². The molecule has 0 aliphatic rings. The second-order valence-corrected chi connectivity index (χ2v) is 21.4. The summed E-state index contributed by atoms with van der Waals surface area (Å²) in [6.45, 7) is 27.3. The molecule has 318 valence electrons. The van der Waals surface area contributed by atoms with Crippen molar-refractivity contribution in [1.82, 2.24) is 14.1 Å². The molecule has 5 heteroatoms. The number of benzene rings is 6. The van der Waals surface area contributed by atoms with Gasteiger partial charge in [0, 0.05) is 23.0 Å². The van der Waals surface area contributed by atoms with E-state index in [1.54, 1.807) is 0 Å². The molecule has 9 rings (SSSR count). The van der Waals surface area contributed by atoms with E-state index in [2.05, 4.69) is 237 Å². The normalized spacial score (nSPS) is 12.8. The van der Waals surface area contributed by atoms with Crippen molar-refractivity contribution in [3.05, 3.63) is 174 Å². The molecule has 63 heavy (non-hydrogen) atoms. The summed E-state index contributed by atoms with van der Waals surface area (Å²) in [5.74, 6) is 2.38. The molecule has 3 aromatic heterocycles. The van der Waals surface area contributed by atoms with Gasteiger partial charge in [-0.3, -0.25) is 13.7 Å². The lowest BCUT2D eigenvalue weighted by Crippen LogP contribution is -2.31. The maximum absolute atomic E-state index is 6.83. The lowest BCUT2D eigenvalue weighted by Gasteiger charge is -2.26. The van der Waals surface area contributed by atoms with Crippen molar-refractivity contribution in [3.8, 4) is 39.8 Å². The quantitative estimate of drug-likeness (QED) is 0.124. The summed E-state index contributed by atoms with van der Waals surface area (Å²) in [7, 11) is 0. The molecule has 0 aliphatic heterocycles. The lowest BCUT2D eigenvalue weighted by molar-refractivity contribution is -0.572. The Labute approximate surface area is 373 Å². The van der Waals surface area contributed by atoms with Crippen LogP contribution >= 0.6 is 0 Å². The number of hydrogen-bond donors (Lipinski definition) is 0. The second-order valence-electron chi connectivity index (χ2n) is 21.4. The van der Waals surface area contributed by atoms with Gasteiger partial charge in [-0.1, -0.05) is 144 Å². The third-order valence-electron chi connectivity index (χ3n) is 12.4. The molecule has 6 aromatic carbocycles. The standard InChI is InChI=1S/C58H60N4O/c1-55(2,3)40-22-26-51-53(33-40)60(37-61(51)45-31-42(57(7,8)9)30-43(32-45)58(10,11)12)44-19-16-20-46(35-44)63-47-23-24-48-49-29-39(38-17-14-13-15-18-38)21-25-50(49)62(52(48)36-47)54-34-41(27-28-59-54)56(4,5)6/h13-36H,1-12H3. The summed E-state index contributed by atoms with van der Waals surface area (Å²) in [4.78, 5) is 4.95. The van der Waals surface area contributed by atoms with Crippen molar-refractivity contribution in [2.24, 2.45) is 0 Å². The molecule has 9 aromatic rings. The minimum atomic E-state index is -0.0297. The Hall–Kier alpha value is -6.46. The highest BCUT2D eigenvalue weighted by molar-refractivity contribution is 6.10. The Morgan fingerprint density at radius 2 is 1.14 bits per heavy atom. The van der Waals surface area contributed by atoms with Crippen molar-refractivity contribution in [3.63, 3.8) is 0 Å². The summed E-state index contributed by atoms with van der Waals surface area (Å²) in [6, 6.07) is 50.4. The minimum Gasteiger partial charge on any atom is -0.458 e. The summed E-state index contributed by atoms with van der Waals surface area (Å²) >= 11 is 0. The first-order chi connectivity index (χ1) is 29.7. The molecule has 0 saturated heterocycles. The molecule has 0 aliphatic carbocycles. The molecule has 0 unspecified atom stereocenters. The van der Waals surface area contributed by atoms with Crippen LogP contribution in [0.4, 0.5) is 0 Å². The average Bonchev–Trinajstić information content (AvgIpc) is 3.78. The Morgan fingerprint density at radius 1 is 0.476 bits per heavy atom. The van der Waals surface area contributed by atoms with Crippen molar-refractivity contribution in [1.29, 1.82) is 0 Å². The molecule has 0 N–H and O–H groups in total. The van der Waals surface area contributed by atoms with Gasteiger partial charge in [-0.25, -0.2) is 4.98 Å². The van der Waals surface area contributed by atoms with Crippen LogP contribution < -0.4 is 9.30 Å². The van der Waals surface area contributed by atoms with Crippen molar-refractivity contribution in [2.75, 3.05) is 0 Å². The highest BCUT2D eigenvalue weighted by Crippen LogP contribution is 2.39. The van der Waals surface area contributed by atoms with Crippen LogP contribution in [-0.4, -0.2) is 14.1 Å². The van der Waals surface area contributed by atoms with E-state index >= 15 is 0 Å². The summed E-state index contributed by atoms with van der Waals surface area (Å²) in [5.41, 5.74) is 13.8. The maximum Gasteiger partial charge on any atom is 0.269 e. The molecule has 3 heterocycles. The second kappa shape index (κ2) is 15.1. The number of ether oxygens (including phenoxy) is 1. The first-order valence-corrected chi connectivity index (χ1v) is 22.3. The van der Waals surface area contributed by atoms with Gasteiger partial charge in [0.05, 0.1) is 33.4 Å². The molecule has 0 spiro atoms. The van der Waals surface area contributed by atoms with Gasteiger partial charge < -0.3 is 4.74 Å². The highest BCUT2D eigenvalue weighted by atomic mass is 16.5. The summed E-state index contributed by atoms with van der Waals surface area (Å²) in [5, 5.41) is 2.31. The minimum absolute atomic E-state index is 0.0184. The van der Waals surface area contributed by atoms with E-state index in [0.717, 1.165) is 56.1 Å². The predicted molar refractivity (Wildman–Crippen MR) is 263 cm³/mol. The summed E-state index contributed by atoms with van der Waals surface area (Å²) < 4.78 is 13.5. The zero-order valence-corrected chi connectivity index (χ0v) is 39.1. The number of aromatic nitrogens is 4. The van der Waals surface area contributed by atoms with E-state index in [4.69, 9.17) is 9.72 Å². The van der Waals surface area contributed by atoms with Gasteiger partial charge in [-0.05, 0) is 128 Å². The van der Waals surface area contributed by atoms with Crippen LogP contribution in [-0.2, 0) is 21.7 Å². The molecule has 0 fully saturated rings. The molecule has 0 bridgehead atoms. The SMILES string of the molecule is CC(C)(C)c1cc(-[n+]2[c-]n(-c3cccc(Oc4ccc5c6cc(-c7ccccc7)ccc6n(-c6cc(C(C)(C)C)ccn6)c5c4)c3)c3cc(C(C)(C)C)ccc32)cc(C(C)(C)C)c1. The summed E-state index contributed by atoms with van der Waals surface area (Å²) in [6.07, 6.45) is 5.74. The van der Waals surface area contributed by atoms with E-state index in [9.17, 15) is 0 Å². The molecule has 0 saturated carbocycles. The first-order valence-electron chi connectivity index (χ1n) is 22.3. The highest BCUT2D eigenvalue weighted by Gasteiger charge is 2.24. The van der Waals surface area contributed by atoms with E-state index in [1.165, 1.54) is 38.8 Å². The van der Waals surface area contributed by atoms with E-state index in [-0.39, 0.29) is 21.7 Å². The van der Waals surface area contributed by atoms with Gasteiger partial charge in [0.25, 0.3) is 6.33 Å². The van der Waals surface area contributed by atoms with Crippen molar-refractivity contribution < 1.29 is 9.30 Å². The number of hydrogen-bond acceptors (Lipinski definition) is 2. The maximum atomic E-state index is 6.83. The fourth-order valence-corrected chi connectivity index (χ4v) is 8.52. The Kier molecular flexibility index (Phi) is 10.0. The van der Waals surface area contributed by atoms with Gasteiger partial charge in [-0.15, -0.1) is 0 Å². The first kappa shape index (κ1) is 41.9. The Morgan fingerprint density at radius 3 is 1.83 bits per heavy atom. The molecular formula is C58H60N4O. The third kappa shape index (κ3) is 8.06. The smallest absolute Gasteiger partial charge is 0.269 e. The molecule has 0 atom stereocenters. The predicted octanol–water partition coefficient (Wildman–Crippen LogP) is 14.8. The fraction of sp³-hybridized carbons (Fsp3) is 0.276. The van der Waals surface area contributed by atoms with E-state index in [1.807, 2.05) is 12.3 Å². The lowest BCUT2D eigenvalue weighted by atomic mass is 9.80. The Balaban J connectivity index is 1.17. The number of rotatable bonds is 6. The number of fused-ring (bicyclic) bond motifs is 4.